The second kappa shape index (κ2) is 5.35. The van der Waals surface area contributed by atoms with Gasteiger partial charge in [-0.1, -0.05) is 13.0 Å². The standard InChI is InChI=1S/C11H16F3N3/c1-7(6-15)8(2)16-10-5-3-4-9(17-10)11(12,13)14/h3-5,7-8H,6,15H2,1-2H3,(H,16,17). The van der Waals surface area contributed by atoms with Crippen molar-refractivity contribution < 1.29 is 13.2 Å². The molecule has 17 heavy (non-hydrogen) atoms. The zero-order chi connectivity index (χ0) is 13.1. The maximum atomic E-state index is 12.4. The summed E-state index contributed by atoms with van der Waals surface area (Å²) in [6.07, 6.45) is -4.42. The van der Waals surface area contributed by atoms with Gasteiger partial charge in [-0.3, -0.25) is 0 Å². The summed E-state index contributed by atoms with van der Waals surface area (Å²) in [6.45, 7) is 4.25. The van der Waals surface area contributed by atoms with Gasteiger partial charge in [-0.25, -0.2) is 4.98 Å². The molecule has 1 aromatic rings. The quantitative estimate of drug-likeness (QED) is 0.859. The van der Waals surface area contributed by atoms with Gasteiger partial charge in [0.15, 0.2) is 0 Å². The third-order valence-corrected chi connectivity index (χ3v) is 2.64. The predicted octanol–water partition coefficient (Wildman–Crippen LogP) is 2.50. The number of nitrogens with one attached hydrogen (secondary N) is 1. The van der Waals surface area contributed by atoms with Gasteiger partial charge in [0.25, 0.3) is 0 Å². The third kappa shape index (κ3) is 3.89. The molecule has 1 aromatic heterocycles. The highest BCUT2D eigenvalue weighted by molar-refractivity contribution is 5.37. The van der Waals surface area contributed by atoms with Gasteiger partial charge in [-0.15, -0.1) is 0 Å². The van der Waals surface area contributed by atoms with Crippen molar-refractivity contribution in [3.8, 4) is 0 Å². The van der Waals surface area contributed by atoms with E-state index in [4.69, 9.17) is 5.73 Å². The lowest BCUT2D eigenvalue weighted by atomic mass is 10.0. The van der Waals surface area contributed by atoms with Crippen molar-refractivity contribution >= 4 is 5.82 Å². The van der Waals surface area contributed by atoms with E-state index < -0.39 is 11.9 Å². The molecule has 2 atom stereocenters. The van der Waals surface area contributed by atoms with Gasteiger partial charge in [-0.05, 0) is 31.5 Å². The Labute approximate surface area is 98.2 Å². The first kappa shape index (κ1) is 13.8. The summed E-state index contributed by atoms with van der Waals surface area (Å²) in [7, 11) is 0. The monoisotopic (exact) mass is 247 g/mol. The minimum atomic E-state index is -4.42. The zero-order valence-corrected chi connectivity index (χ0v) is 9.75. The zero-order valence-electron chi connectivity index (χ0n) is 9.75. The van der Waals surface area contributed by atoms with Crippen molar-refractivity contribution in [3.63, 3.8) is 0 Å². The Balaban J connectivity index is 2.79. The van der Waals surface area contributed by atoms with E-state index in [9.17, 15) is 13.2 Å². The number of hydrogen-bond acceptors (Lipinski definition) is 3. The molecule has 0 amide bonds. The molecule has 0 aromatic carbocycles. The van der Waals surface area contributed by atoms with Gasteiger partial charge < -0.3 is 11.1 Å². The summed E-state index contributed by atoms with van der Waals surface area (Å²) < 4.78 is 37.3. The maximum Gasteiger partial charge on any atom is 0.433 e. The first-order valence-electron chi connectivity index (χ1n) is 5.35. The van der Waals surface area contributed by atoms with Crippen molar-refractivity contribution in [2.24, 2.45) is 11.7 Å². The summed E-state index contributed by atoms with van der Waals surface area (Å²) in [4.78, 5) is 3.52. The average molecular weight is 247 g/mol. The summed E-state index contributed by atoms with van der Waals surface area (Å²) >= 11 is 0. The molecular weight excluding hydrogens is 231 g/mol. The Morgan fingerprint density at radius 2 is 2.00 bits per heavy atom. The van der Waals surface area contributed by atoms with Crippen molar-refractivity contribution in [2.75, 3.05) is 11.9 Å². The highest BCUT2D eigenvalue weighted by Gasteiger charge is 2.32. The highest BCUT2D eigenvalue weighted by atomic mass is 19.4. The van der Waals surface area contributed by atoms with Crippen LogP contribution in [0, 0.1) is 5.92 Å². The van der Waals surface area contributed by atoms with Gasteiger partial charge in [0.05, 0.1) is 0 Å². The van der Waals surface area contributed by atoms with Crippen LogP contribution in [0.5, 0.6) is 0 Å². The molecule has 0 saturated carbocycles. The van der Waals surface area contributed by atoms with Gasteiger partial charge >= 0.3 is 6.18 Å². The predicted molar refractivity (Wildman–Crippen MR) is 60.5 cm³/mol. The van der Waals surface area contributed by atoms with E-state index in [1.54, 1.807) is 0 Å². The van der Waals surface area contributed by atoms with E-state index in [2.05, 4.69) is 10.3 Å². The molecule has 0 aliphatic carbocycles. The summed E-state index contributed by atoms with van der Waals surface area (Å²) in [5, 5.41) is 2.91. The minimum Gasteiger partial charge on any atom is -0.367 e. The van der Waals surface area contributed by atoms with Crippen LogP contribution in [-0.4, -0.2) is 17.6 Å². The molecular formula is C11H16F3N3. The van der Waals surface area contributed by atoms with Crippen LogP contribution in [0.4, 0.5) is 19.0 Å². The van der Waals surface area contributed by atoms with Gasteiger partial charge in [0.2, 0.25) is 0 Å². The van der Waals surface area contributed by atoms with Crippen LogP contribution in [0.15, 0.2) is 18.2 Å². The Hall–Kier alpha value is -1.30. The molecule has 96 valence electrons. The number of rotatable bonds is 4. The van der Waals surface area contributed by atoms with Crippen molar-refractivity contribution in [2.45, 2.75) is 26.1 Å². The van der Waals surface area contributed by atoms with Crippen LogP contribution in [0.1, 0.15) is 19.5 Å². The molecule has 2 unspecified atom stereocenters. The fourth-order valence-corrected chi connectivity index (χ4v) is 1.25. The number of nitrogens with zero attached hydrogens (tertiary/aromatic N) is 1. The maximum absolute atomic E-state index is 12.4. The first-order valence-corrected chi connectivity index (χ1v) is 5.35. The van der Waals surface area contributed by atoms with Crippen LogP contribution in [0.2, 0.25) is 0 Å². The Bertz CT molecular complexity index is 365. The number of hydrogen-bond donors (Lipinski definition) is 2. The second-order valence-electron chi connectivity index (χ2n) is 4.05. The van der Waals surface area contributed by atoms with E-state index >= 15 is 0 Å². The van der Waals surface area contributed by atoms with Crippen LogP contribution in [0.25, 0.3) is 0 Å². The highest BCUT2D eigenvalue weighted by Crippen LogP contribution is 2.28. The van der Waals surface area contributed by atoms with Crippen molar-refractivity contribution in [1.29, 1.82) is 0 Å². The van der Waals surface area contributed by atoms with E-state index in [1.165, 1.54) is 12.1 Å². The fourth-order valence-electron chi connectivity index (χ4n) is 1.25. The van der Waals surface area contributed by atoms with E-state index in [-0.39, 0.29) is 17.8 Å². The van der Waals surface area contributed by atoms with E-state index in [0.29, 0.717) is 6.54 Å². The molecule has 0 fully saturated rings. The summed E-state index contributed by atoms with van der Waals surface area (Å²) in [6, 6.07) is 3.76. The lowest BCUT2D eigenvalue weighted by molar-refractivity contribution is -0.141. The lowest BCUT2D eigenvalue weighted by Gasteiger charge is -2.20. The average Bonchev–Trinajstić information content (AvgIpc) is 2.27. The third-order valence-electron chi connectivity index (χ3n) is 2.64. The number of aromatic nitrogens is 1. The molecule has 6 heteroatoms. The Kier molecular flexibility index (Phi) is 4.34. The second-order valence-corrected chi connectivity index (χ2v) is 4.05. The van der Waals surface area contributed by atoms with E-state index in [0.717, 1.165) is 6.07 Å². The smallest absolute Gasteiger partial charge is 0.367 e. The summed E-state index contributed by atoms with van der Waals surface area (Å²) in [5.74, 6) is 0.374. The number of anilines is 1. The number of halogens is 3. The molecule has 0 bridgehead atoms. The number of alkyl halides is 3. The lowest BCUT2D eigenvalue weighted by Crippen LogP contribution is -2.30. The number of pyridine rings is 1. The van der Waals surface area contributed by atoms with Crippen LogP contribution in [-0.2, 0) is 6.18 Å². The van der Waals surface area contributed by atoms with Crippen molar-refractivity contribution in [1.82, 2.24) is 4.98 Å². The molecule has 0 aliphatic rings. The largest absolute Gasteiger partial charge is 0.433 e. The Morgan fingerprint density at radius 1 is 1.35 bits per heavy atom. The fraction of sp³-hybridized carbons (Fsp3) is 0.545. The summed E-state index contributed by atoms with van der Waals surface area (Å²) in [5.41, 5.74) is 4.59. The first-order chi connectivity index (χ1) is 7.84. The van der Waals surface area contributed by atoms with Gasteiger partial charge in [0.1, 0.15) is 11.5 Å². The SMILES string of the molecule is CC(CN)C(C)Nc1cccc(C(F)(F)F)n1. The molecule has 3 N–H and O–H groups in total. The normalized spacial score (nSPS) is 15.4. The van der Waals surface area contributed by atoms with Crippen molar-refractivity contribution in [3.05, 3.63) is 23.9 Å². The van der Waals surface area contributed by atoms with Crippen LogP contribution in [0.3, 0.4) is 0 Å². The molecule has 0 aliphatic heterocycles. The van der Waals surface area contributed by atoms with Crippen LogP contribution < -0.4 is 11.1 Å². The van der Waals surface area contributed by atoms with Gasteiger partial charge in [-0.2, -0.15) is 13.2 Å². The Morgan fingerprint density at radius 3 is 2.53 bits per heavy atom. The van der Waals surface area contributed by atoms with Crippen LogP contribution >= 0.6 is 0 Å². The molecule has 1 heterocycles. The molecule has 0 radical (unpaired) electrons. The minimum absolute atomic E-state index is 0.0315. The molecule has 3 nitrogen and oxygen atoms in total. The number of nitrogens with two attached hydrogens (primary N) is 1. The molecule has 0 saturated heterocycles. The topological polar surface area (TPSA) is 50.9 Å². The molecule has 1 rings (SSSR count). The molecule has 0 spiro atoms. The van der Waals surface area contributed by atoms with E-state index in [1.807, 2.05) is 13.8 Å². The van der Waals surface area contributed by atoms with Gasteiger partial charge in [0, 0.05) is 6.04 Å².